The first-order valence-electron chi connectivity index (χ1n) is 7.81. The summed E-state index contributed by atoms with van der Waals surface area (Å²) in [5, 5.41) is 0. The fourth-order valence-electron chi connectivity index (χ4n) is 4.25. The largest absolute Gasteiger partial charge is 0.0710 e. The second-order valence-electron chi connectivity index (χ2n) is 7.44. The Kier molecular flexibility index (Phi) is 3.44. The number of rotatable bonds is 2. The lowest BCUT2D eigenvalue weighted by Crippen LogP contribution is -2.36. The van der Waals surface area contributed by atoms with E-state index in [1.54, 1.807) is 11.1 Å². The molecular weight excluding hydrogens is 240 g/mol. The first kappa shape index (κ1) is 15.4. The highest BCUT2D eigenvalue weighted by atomic mass is 14.5. The predicted molar refractivity (Wildman–Crippen MR) is 89.6 cm³/mol. The predicted octanol–water partition coefficient (Wildman–Crippen LogP) is 6.23. The van der Waals surface area contributed by atoms with E-state index in [0.717, 1.165) is 0 Å². The van der Waals surface area contributed by atoms with Crippen LogP contribution in [0.1, 0.15) is 62.3 Å². The van der Waals surface area contributed by atoms with Crippen LogP contribution in [0.15, 0.2) is 45.6 Å². The van der Waals surface area contributed by atoms with E-state index in [-0.39, 0.29) is 10.8 Å². The second-order valence-corrected chi connectivity index (χ2v) is 7.44. The van der Waals surface area contributed by atoms with Gasteiger partial charge in [-0.15, -0.1) is 0 Å². The number of hydrogen-bond donors (Lipinski definition) is 0. The Morgan fingerprint density at radius 1 is 0.700 bits per heavy atom. The Morgan fingerprint density at radius 3 is 1.20 bits per heavy atom. The summed E-state index contributed by atoms with van der Waals surface area (Å²) in [6.07, 6.45) is 5.00. The lowest BCUT2D eigenvalue weighted by atomic mass is 9.60. The van der Waals surface area contributed by atoms with Crippen molar-refractivity contribution < 1.29 is 0 Å². The van der Waals surface area contributed by atoms with Gasteiger partial charge in [-0.05, 0) is 58.6 Å². The van der Waals surface area contributed by atoms with Gasteiger partial charge in [0, 0.05) is 10.8 Å². The fourth-order valence-corrected chi connectivity index (χ4v) is 4.25. The standard InChI is InChI=1S/C20H30/c1-12-10-19(8,16(5)14(12)3)18(7)20(9)11-13(2)15(4)17(20)6/h10-11,18H,1-9H3. The van der Waals surface area contributed by atoms with E-state index >= 15 is 0 Å². The normalized spacial score (nSPS) is 35.6. The van der Waals surface area contributed by atoms with Gasteiger partial charge in [0.05, 0.1) is 0 Å². The smallest absolute Gasteiger partial charge is 0.0108 e. The zero-order chi connectivity index (χ0) is 15.5. The van der Waals surface area contributed by atoms with Crippen LogP contribution in [-0.2, 0) is 0 Å². The van der Waals surface area contributed by atoms with E-state index in [1.165, 1.54) is 22.3 Å². The van der Waals surface area contributed by atoms with Crippen molar-refractivity contribution in [3.63, 3.8) is 0 Å². The van der Waals surface area contributed by atoms with Crippen LogP contribution in [0.3, 0.4) is 0 Å². The Labute approximate surface area is 125 Å². The van der Waals surface area contributed by atoms with E-state index in [9.17, 15) is 0 Å². The molecule has 0 amide bonds. The summed E-state index contributed by atoms with van der Waals surface area (Å²) in [6.45, 7) is 20.9. The molecule has 0 nitrogen and oxygen atoms in total. The average molecular weight is 270 g/mol. The third-order valence-electron chi connectivity index (χ3n) is 6.76. The van der Waals surface area contributed by atoms with Crippen LogP contribution < -0.4 is 0 Å². The van der Waals surface area contributed by atoms with Crippen LogP contribution in [0, 0.1) is 16.7 Å². The minimum absolute atomic E-state index is 0.172. The molecule has 0 aromatic rings. The van der Waals surface area contributed by atoms with Crippen molar-refractivity contribution in [2.45, 2.75) is 62.3 Å². The molecule has 0 fully saturated rings. The maximum absolute atomic E-state index is 2.50. The van der Waals surface area contributed by atoms with Crippen LogP contribution >= 0.6 is 0 Å². The van der Waals surface area contributed by atoms with E-state index in [0.29, 0.717) is 5.92 Å². The fraction of sp³-hybridized carbons (Fsp3) is 0.600. The molecule has 2 rings (SSSR count). The van der Waals surface area contributed by atoms with Gasteiger partial charge in [0.2, 0.25) is 0 Å². The summed E-state index contributed by atoms with van der Waals surface area (Å²) < 4.78 is 0. The maximum atomic E-state index is 2.50. The van der Waals surface area contributed by atoms with Crippen LogP contribution in [0.2, 0.25) is 0 Å². The highest BCUT2D eigenvalue weighted by Gasteiger charge is 2.47. The Balaban J connectivity index is 2.52. The summed E-state index contributed by atoms with van der Waals surface area (Å²) in [7, 11) is 0. The molecule has 110 valence electrons. The van der Waals surface area contributed by atoms with E-state index in [2.05, 4.69) is 74.5 Å². The van der Waals surface area contributed by atoms with Crippen molar-refractivity contribution in [2.75, 3.05) is 0 Å². The molecule has 2 unspecified atom stereocenters. The van der Waals surface area contributed by atoms with Crippen LogP contribution in [0.25, 0.3) is 0 Å². The summed E-state index contributed by atoms with van der Waals surface area (Å²) in [4.78, 5) is 0. The topological polar surface area (TPSA) is 0 Å². The van der Waals surface area contributed by atoms with Crippen molar-refractivity contribution in [3.8, 4) is 0 Å². The molecule has 2 atom stereocenters. The summed E-state index contributed by atoms with van der Waals surface area (Å²) in [6, 6.07) is 0. The monoisotopic (exact) mass is 270 g/mol. The van der Waals surface area contributed by atoms with Gasteiger partial charge < -0.3 is 0 Å². The van der Waals surface area contributed by atoms with Gasteiger partial charge >= 0.3 is 0 Å². The first-order chi connectivity index (χ1) is 9.05. The lowest BCUT2D eigenvalue weighted by molar-refractivity contribution is 0.206. The first-order valence-corrected chi connectivity index (χ1v) is 7.81. The SMILES string of the molecule is CC1=CC(C)(C(C)C2(C)C=C(C)C(C)=C2C)C(C)=C1C. The van der Waals surface area contributed by atoms with Crippen molar-refractivity contribution in [1.29, 1.82) is 0 Å². The molecular formula is C20H30. The molecule has 2 aliphatic rings. The van der Waals surface area contributed by atoms with Gasteiger partial charge in [-0.3, -0.25) is 0 Å². The molecule has 0 heterocycles. The lowest BCUT2D eigenvalue weighted by Gasteiger charge is -2.43. The number of allylic oxidation sites excluding steroid dienone is 8. The third-order valence-corrected chi connectivity index (χ3v) is 6.76. The second kappa shape index (κ2) is 4.48. The molecule has 0 N–H and O–H groups in total. The molecule has 20 heavy (non-hydrogen) atoms. The van der Waals surface area contributed by atoms with Crippen LogP contribution in [-0.4, -0.2) is 0 Å². The molecule has 0 saturated heterocycles. The molecule has 0 spiro atoms. The van der Waals surface area contributed by atoms with E-state index in [4.69, 9.17) is 0 Å². The summed E-state index contributed by atoms with van der Waals surface area (Å²) >= 11 is 0. The highest BCUT2D eigenvalue weighted by molar-refractivity contribution is 5.50. The Morgan fingerprint density at radius 2 is 1.00 bits per heavy atom. The molecule has 0 heteroatoms. The summed E-state index contributed by atoms with van der Waals surface area (Å²) in [5.74, 6) is 0.565. The zero-order valence-corrected chi connectivity index (χ0v) is 14.7. The number of hydrogen-bond acceptors (Lipinski definition) is 0. The van der Waals surface area contributed by atoms with Crippen molar-refractivity contribution >= 4 is 0 Å². The van der Waals surface area contributed by atoms with E-state index in [1.807, 2.05) is 0 Å². The molecule has 2 aliphatic carbocycles. The Hall–Kier alpha value is -1.04. The van der Waals surface area contributed by atoms with Crippen molar-refractivity contribution in [1.82, 2.24) is 0 Å². The Bertz CT molecular complexity index is 527. The van der Waals surface area contributed by atoms with Gasteiger partial charge in [-0.2, -0.15) is 0 Å². The van der Waals surface area contributed by atoms with Crippen molar-refractivity contribution in [2.24, 2.45) is 16.7 Å². The third kappa shape index (κ3) is 1.80. The minimum Gasteiger partial charge on any atom is -0.0710 e. The van der Waals surface area contributed by atoms with Gasteiger partial charge in [0.25, 0.3) is 0 Å². The zero-order valence-electron chi connectivity index (χ0n) is 14.7. The van der Waals surface area contributed by atoms with Gasteiger partial charge in [-0.25, -0.2) is 0 Å². The maximum Gasteiger partial charge on any atom is 0.0108 e. The minimum atomic E-state index is 0.172. The summed E-state index contributed by atoms with van der Waals surface area (Å²) in [5.41, 5.74) is 9.33. The average Bonchev–Trinajstić information content (AvgIpc) is 2.71. The molecule has 0 aromatic heterocycles. The van der Waals surface area contributed by atoms with Crippen LogP contribution in [0.4, 0.5) is 0 Å². The molecule has 0 aromatic carbocycles. The molecule has 0 aliphatic heterocycles. The van der Waals surface area contributed by atoms with Gasteiger partial charge in [-0.1, -0.05) is 55.2 Å². The van der Waals surface area contributed by atoms with Gasteiger partial charge in [0.1, 0.15) is 0 Å². The van der Waals surface area contributed by atoms with E-state index < -0.39 is 0 Å². The quantitative estimate of drug-likeness (QED) is 0.558. The van der Waals surface area contributed by atoms with Crippen LogP contribution in [0.5, 0.6) is 0 Å². The van der Waals surface area contributed by atoms with Gasteiger partial charge in [0.15, 0.2) is 0 Å². The molecule has 0 saturated carbocycles. The highest BCUT2D eigenvalue weighted by Crippen LogP contribution is 2.57. The molecule has 0 bridgehead atoms. The molecule has 0 radical (unpaired) electrons. The van der Waals surface area contributed by atoms with Crippen molar-refractivity contribution in [3.05, 3.63) is 45.6 Å².